The lowest BCUT2D eigenvalue weighted by atomic mass is 9.90. The maximum Gasteiger partial charge on any atom is 0.248 e. The summed E-state index contributed by atoms with van der Waals surface area (Å²) in [4.78, 5) is 21.2. The van der Waals surface area contributed by atoms with E-state index < -0.39 is 11.8 Å². The quantitative estimate of drug-likeness (QED) is 0.776. The number of rotatable bonds is 3. The van der Waals surface area contributed by atoms with Gasteiger partial charge in [0.2, 0.25) is 11.8 Å². The minimum Gasteiger partial charge on any atom is -0.366 e. The summed E-state index contributed by atoms with van der Waals surface area (Å²) in [6, 6.07) is 5.84. The van der Waals surface area contributed by atoms with Crippen molar-refractivity contribution in [1.29, 1.82) is 0 Å². The first-order chi connectivity index (χ1) is 9.54. The average molecular weight is 277 g/mol. The summed E-state index contributed by atoms with van der Waals surface area (Å²) >= 11 is 0. The number of amides is 2. The van der Waals surface area contributed by atoms with Crippen molar-refractivity contribution in [3.05, 3.63) is 35.4 Å². The number of hydrogen-bond donors (Lipinski definition) is 3. The molecule has 5 heteroatoms. The molecule has 1 aliphatic rings. The molecule has 0 atom stereocenters. The number of hydrogen-bond acceptors (Lipinski definition) is 3. The third-order valence-electron chi connectivity index (χ3n) is 3.51. The van der Waals surface area contributed by atoms with E-state index in [1.165, 1.54) is 56.4 Å². The van der Waals surface area contributed by atoms with Crippen molar-refractivity contribution in [2.24, 2.45) is 23.1 Å². The maximum atomic E-state index is 10.6. The molecule has 0 unspecified atom stereocenters. The lowest BCUT2D eigenvalue weighted by molar-refractivity contribution is 0.0988. The molecular weight excluding hydrogens is 254 g/mol. The zero-order chi connectivity index (χ0) is 15.0. The van der Waals surface area contributed by atoms with Gasteiger partial charge >= 0.3 is 0 Å². The lowest BCUT2D eigenvalue weighted by Gasteiger charge is -2.18. The van der Waals surface area contributed by atoms with Crippen LogP contribution in [-0.2, 0) is 0 Å². The van der Waals surface area contributed by atoms with Gasteiger partial charge in [0.05, 0.1) is 0 Å². The fourth-order valence-electron chi connectivity index (χ4n) is 2.22. The van der Waals surface area contributed by atoms with Gasteiger partial charge in [-0.15, -0.1) is 0 Å². The van der Waals surface area contributed by atoms with Crippen molar-refractivity contribution in [2.45, 2.75) is 32.1 Å². The van der Waals surface area contributed by atoms with Gasteiger partial charge in [0.15, 0.2) is 0 Å². The first-order valence-corrected chi connectivity index (χ1v) is 6.94. The van der Waals surface area contributed by atoms with Gasteiger partial charge in [-0.25, -0.2) is 0 Å². The van der Waals surface area contributed by atoms with Crippen LogP contribution in [0.25, 0.3) is 0 Å². The highest BCUT2D eigenvalue weighted by atomic mass is 16.1. The molecule has 1 saturated carbocycles. The van der Waals surface area contributed by atoms with Gasteiger partial charge in [-0.05, 0) is 49.6 Å². The van der Waals surface area contributed by atoms with E-state index in [1.54, 1.807) is 0 Å². The van der Waals surface area contributed by atoms with Crippen LogP contribution in [0.5, 0.6) is 0 Å². The number of nitrogens with two attached hydrogens (primary N) is 3. The smallest absolute Gasteiger partial charge is 0.248 e. The molecule has 0 bridgehead atoms. The van der Waals surface area contributed by atoms with E-state index in [9.17, 15) is 9.59 Å². The Morgan fingerprint density at radius 2 is 1.30 bits per heavy atom. The van der Waals surface area contributed by atoms with Crippen LogP contribution in [-0.4, -0.2) is 18.4 Å². The molecule has 2 amide bonds. The largest absolute Gasteiger partial charge is 0.366 e. The van der Waals surface area contributed by atoms with Gasteiger partial charge in [-0.2, -0.15) is 0 Å². The third kappa shape index (κ3) is 5.40. The number of benzene rings is 1. The van der Waals surface area contributed by atoms with E-state index in [0.29, 0.717) is 11.1 Å². The highest BCUT2D eigenvalue weighted by Crippen LogP contribution is 2.21. The molecule has 1 aromatic rings. The second kappa shape index (κ2) is 8.32. The molecule has 6 N–H and O–H groups in total. The summed E-state index contributed by atoms with van der Waals surface area (Å²) in [6.07, 6.45) is 7.05. The SMILES string of the molecule is NC(=O)c1ccc(C(N)=O)cc1.NCC1CCCCC1. The standard InChI is InChI=1S/C8H8N2O2.C7H15N/c9-7(11)5-1-2-6(4-3-5)8(10)12;8-6-7-4-2-1-3-5-7/h1-4H,(H2,9,11)(H2,10,12);7H,1-6,8H2. The number of carbonyl (C=O) groups excluding carboxylic acids is 2. The van der Waals surface area contributed by atoms with Crippen LogP contribution in [0.15, 0.2) is 24.3 Å². The predicted octanol–water partition coefficient (Wildman–Crippen LogP) is 1.41. The van der Waals surface area contributed by atoms with Gasteiger partial charge in [0.1, 0.15) is 0 Å². The van der Waals surface area contributed by atoms with Crippen LogP contribution in [0.2, 0.25) is 0 Å². The van der Waals surface area contributed by atoms with E-state index >= 15 is 0 Å². The van der Waals surface area contributed by atoms with Crippen LogP contribution in [0.4, 0.5) is 0 Å². The van der Waals surface area contributed by atoms with Gasteiger partial charge in [-0.1, -0.05) is 19.3 Å². The minimum atomic E-state index is -0.522. The van der Waals surface area contributed by atoms with Crippen molar-refractivity contribution in [1.82, 2.24) is 0 Å². The zero-order valence-electron chi connectivity index (χ0n) is 11.7. The Morgan fingerprint density at radius 1 is 0.900 bits per heavy atom. The Hall–Kier alpha value is -1.88. The van der Waals surface area contributed by atoms with Gasteiger partial charge in [-0.3, -0.25) is 9.59 Å². The molecule has 0 heterocycles. The van der Waals surface area contributed by atoms with E-state index in [1.807, 2.05) is 0 Å². The average Bonchev–Trinajstić information content (AvgIpc) is 2.48. The van der Waals surface area contributed by atoms with Gasteiger partial charge < -0.3 is 17.2 Å². The summed E-state index contributed by atoms with van der Waals surface area (Å²) < 4.78 is 0. The highest BCUT2D eigenvalue weighted by Gasteiger charge is 2.09. The molecule has 0 radical (unpaired) electrons. The summed E-state index contributed by atoms with van der Waals surface area (Å²) in [7, 11) is 0. The van der Waals surface area contributed by atoms with E-state index in [4.69, 9.17) is 17.2 Å². The summed E-state index contributed by atoms with van der Waals surface area (Å²) in [5, 5.41) is 0. The molecule has 0 spiro atoms. The fourth-order valence-corrected chi connectivity index (χ4v) is 2.22. The van der Waals surface area contributed by atoms with Crippen molar-refractivity contribution in [2.75, 3.05) is 6.54 Å². The zero-order valence-corrected chi connectivity index (χ0v) is 11.7. The van der Waals surface area contributed by atoms with E-state index in [-0.39, 0.29) is 0 Å². The van der Waals surface area contributed by atoms with Crippen LogP contribution in [0, 0.1) is 5.92 Å². The Labute approximate surface area is 119 Å². The van der Waals surface area contributed by atoms with Crippen molar-refractivity contribution >= 4 is 11.8 Å². The van der Waals surface area contributed by atoms with Gasteiger partial charge in [0.25, 0.3) is 0 Å². The summed E-state index contributed by atoms with van der Waals surface area (Å²) in [5.41, 5.74) is 16.2. The van der Waals surface area contributed by atoms with Crippen LogP contribution >= 0.6 is 0 Å². The second-order valence-corrected chi connectivity index (χ2v) is 5.05. The Balaban J connectivity index is 0.000000217. The topological polar surface area (TPSA) is 112 Å². The first kappa shape index (κ1) is 16.2. The van der Waals surface area contributed by atoms with Crippen LogP contribution in [0.3, 0.4) is 0 Å². The molecule has 20 heavy (non-hydrogen) atoms. The van der Waals surface area contributed by atoms with Gasteiger partial charge in [0, 0.05) is 11.1 Å². The first-order valence-electron chi connectivity index (χ1n) is 6.94. The number of primary amides is 2. The molecular formula is C15H23N3O2. The van der Waals surface area contributed by atoms with Crippen LogP contribution < -0.4 is 17.2 Å². The molecule has 110 valence electrons. The normalized spacial score (nSPS) is 15.1. The molecule has 1 aliphatic carbocycles. The second-order valence-electron chi connectivity index (χ2n) is 5.05. The highest BCUT2D eigenvalue weighted by molar-refractivity contribution is 5.96. The molecule has 0 aromatic heterocycles. The monoisotopic (exact) mass is 277 g/mol. The predicted molar refractivity (Wildman–Crippen MR) is 79.1 cm³/mol. The molecule has 2 rings (SSSR count). The van der Waals surface area contributed by atoms with E-state index in [2.05, 4.69) is 0 Å². The van der Waals surface area contributed by atoms with E-state index in [0.717, 1.165) is 12.5 Å². The molecule has 1 fully saturated rings. The summed E-state index contributed by atoms with van der Waals surface area (Å²) in [5.74, 6) is -0.180. The Bertz CT molecular complexity index is 404. The van der Waals surface area contributed by atoms with Crippen LogP contribution in [0.1, 0.15) is 52.8 Å². The van der Waals surface area contributed by atoms with Crippen molar-refractivity contribution < 1.29 is 9.59 Å². The Kier molecular flexibility index (Phi) is 6.73. The lowest BCUT2D eigenvalue weighted by Crippen LogP contribution is -2.16. The maximum absolute atomic E-state index is 10.6. The molecule has 1 aromatic carbocycles. The number of carbonyl (C=O) groups is 2. The fraction of sp³-hybridized carbons (Fsp3) is 0.467. The summed E-state index contributed by atoms with van der Waals surface area (Å²) in [6.45, 7) is 0.917. The minimum absolute atomic E-state index is 0.361. The molecule has 0 aliphatic heterocycles. The molecule has 0 saturated heterocycles. The Morgan fingerprint density at radius 3 is 1.55 bits per heavy atom. The molecule has 5 nitrogen and oxygen atoms in total. The van der Waals surface area contributed by atoms with Crippen molar-refractivity contribution in [3.8, 4) is 0 Å². The van der Waals surface area contributed by atoms with Crippen molar-refractivity contribution in [3.63, 3.8) is 0 Å². The third-order valence-corrected chi connectivity index (χ3v) is 3.51.